The lowest BCUT2D eigenvalue weighted by atomic mass is 10.1. The van der Waals surface area contributed by atoms with Crippen LogP contribution in [0.5, 0.6) is 0 Å². The van der Waals surface area contributed by atoms with Gasteiger partial charge in [0.15, 0.2) is 0 Å². The largest absolute Gasteiger partial charge is 0.389 e. The Labute approximate surface area is 113 Å². The van der Waals surface area contributed by atoms with Gasteiger partial charge in [-0.05, 0) is 18.6 Å². The van der Waals surface area contributed by atoms with Gasteiger partial charge in [0.2, 0.25) is 0 Å². The van der Waals surface area contributed by atoms with Gasteiger partial charge in [-0.2, -0.15) is 0 Å². The third-order valence-corrected chi connectivity index (χ3v) is 3.12. The van der Waals surface area contributed by atoms with Gasteiger partial charge in [0.1, 0.15) is 4.99 Å². The van der Waals surface area contributed by atoms with Crippen LogP contribution in [0.3, 0.4) is 0 Å². The average molecular weight is 262 g/mol. The number of aromatic nitrogens is 1. The summed E-state index contributed by atoms with van der Waals surface area (Å²) in [5, 5.41) is 1.11. The monoisotopic (exact) mass is 262 g/mol. The van der Waals surface area contributed by atoms with Crippen LogP contribution in [0, 0.1) is 0 Å². The van der Waals surface area contributed by atoms with Crippen LogP contribution in [-0.2, 0) is 11.3 Å². The molecule has 1 heterocycles. The van der Waals surface area contributed by atoms with Crippen molar-refractivity contribution in [1.82, 2.24) is 4.57 Å². The predicted molar refractivity (Wildman–Crippen MR) is 78.9 cm³/mol. The molecule has 1 aromatic carbocycles. The quantitative estimate of drug-likeness (QED) is 0.643. The topological polar surface area (TPSA) is 40.2 Å². The number of ether oxygens (including phenoxy) is 1. The van der Waals surface area contributed by atoms with E-state index in [0.717, 1.165) is 42.6 Å². The average Bonchev–Trinajstić information content (AvgIpc) is 2.77. The number of fused-ring (bicyclic) bond motifs is 1. The summed E-state index contributed by atoms with van der Waals surface area (Å²) in [6, 6.07) is 8.09. The third-order valence-electron chi connectivity index (χ3n) is 2.90. The molecule has 4 heteroatoms. The van der Waals surface area contributed by atoms with Crippen LogP contribution in [0.2, 0.25) is 0 Å². The summed E-state index contributed by atoms with van der Waals surface area (Å²) in [4.78, 5) is 0.445. The van der Waals surface area contributed by atoms with Crippen molar-refractivity contribution < 1.29 is 4.74 Å². The van der Waals surface area contributed by atoms with Gasteiger partial charge >= 0.3 is 0 Å². The summed E-state index contributed by atoms with van der Waals surface area (Å²) in [6.07, 6.45) is 3.11. The fraction of sp³-hybridized carbons (Fsp3) is 0.357. The molecule has 0 amide bonds. The standard InChI is InChI=1S/C14H18N2OS/c1-2-9-17-10-8-16-7-6-11-12(14(15)18)4-3-5-13(11)16/h3-7H,2,8-10H2,1H3,(H2,15,18). The molecule has 0 aliphatic carbocycles. The van der Waals surface area contributed by atoms with Crippen LogP contribution < -0.4 is 5.73 Å². The first-order chi connectivity index (χ1) is 8.74. The Kier molecular flexibility index (Phi) is 4.33. The van der Waals surface area contributed by atoms with Crippen molar-refractivity contribution in [2.45, 2.75) is 19.9 Å². The minimum Gasteiger partial charge on any atom is -0.389 e. The van der Waals surface area contributed by atoms with Gasteiger partial charge in [-0.15, -0.1) is 0 Å². The first kappa shape index (κ1) is 13.1. The van der Waals surface area contributed by atoms with Gasteiger partial charge in [0, 0.05) is 35.8 Å². The number of hydrogen-bond acceptors (Lipinski definition) is 2. The van der Waals surface area contributed by atoms with Crippen molar-refractivity contribution in [1.29, 1.82) is 0 Å². The molecule has 0 aliphatic heterocycles. The van der Waals surface area contributed by atoms with E-state index in [0.29, 0.717) is 4.99 Å². The molecule has 0 aliphatic rings. The Hall–Kier alpha value is -1.39. The molecule has 0 bridgehead atoms. The number of thiocarbonyl (C=S) groups is 1. The fourth-order valence-corrected chi connectivity index (χ4v) is 2.22. The lowest BCUT2D eigenvalue weighted by molar-refractivity contribution is 0.127. The number of nitrogens with zero attached hydrogens (tertiary/aromatic N) is 1. The molecular weight excluding hydrogens is 244 g/mol. The maximum absolute atomic E-state index is 5.73. The molecule has 2 N–H and O–H groups in total. The molecule has 0 spiro atoms. The Bertz CT molecular complexity index is 548. The van der Waals surface area contributed by atoms with Gasteiger partial charge in [-0.1, -0.05) is 31.3 Å². The van der Waals surface area contributed by atoms with E-state index >= 15 is 0 Å². The number of nitrogens with two attached hydrogens (primary N) is 1. The van der Waals surface area contributed by atoms with Crippen molar-refractivity contribution in [3.05, 3.63) is 36.0 Å². The van der Waals surface area contributed by atoms with E-state index in [1.807, 2.05) is 12.1 Å². The Morgan fingerprint density at radius 3 is 2.89 bits per heavy atom. The summed E-state index contributed by atoms with van der Waals surface area (Å²) >= 11 is 5.06. The molecule has 0 atom stereocenters. The van der Waals surface area contributed by atoms with Crippen molar-refractivity contribution >= 4 is 28.1 Å². The van der Waals surface area contributed by atoms with Crippen LogP contribution in [0.1, 0.15) is 18.9 Å². The van der Waals surface area contributed by atoms with Crippen LogP contribution in [0.4, 0.5) is 0 Å². The second-order valence-corrected chi connectivity index (χ2v) is 4.66. The summed E-state index contributed by atoms with van der Waals surface area (Å²) in [7, 11) is 0. The number of hydrogen-bond donors (Lipinski definition) is 1. The summed E-state index contributed by atoms with van der Waals surface area (Å²) in [5.74, 6) is 0. The van der Waals surface area contributed by atoms with Crippen LogP contribution in [0.25, 0.3) is 10.9 Å². The maximum Gasteiger partial charge on any atom is 0.104 e. The molecule has 96 valence electrons. The van der Waals surface area contributed by atoms with E-state index in [1.54, 1.807) is 0 Å². The summed E-state index contributed by atoms with van der Waals surface area (Å²) in [5.41, 5.74) is 7.82. The highest BCUT2D eigenvalue weighted by molar-refractivity contribution is 7.80. The maximum atomic E-state index is 5.73. The van der Waals surface area contributed by atoms with E-state index in [9.17, 15) is 0 Å². The second-order valence-electron chi connectivity index (χ2n) is 4.22. The molecule has 0 saturated carbocycles. The highest BCUT2D eigenvalue weighted by Gasteiger charge is 2.06. The molecule has 18 heavy (non-hydrogen) atoms. The third kappa shape index (κ3) is 2.71. The van der Waals surface area contributed by atoms with E-state index < -0.39 is 0 Å². The van der Waals surface area contributed by atoms with Crippen LogP contribution in [-0.4, -0.2) is 22.8 Å². The zero-order valence-corrected chi connectivity index (χ0v) is 11.4. The Morgan fingerprint density at radius 1 is 1.33 bits per heavy atom. The molecule has 0 fully saturated rings. The molecule has 3 nitrogen and oxygen atoms in total. The number of rotatable bonds is 6. The van der Waals surface area contributed by atoms with Gasteiger partial charge in [0.05, 0.1) is 6.61 Å². The Morgan fingerprint density at radius 2 is 2.17 bits per heavy atom. The lowest BCUT2D eigenvalue weighted by Crippen LogP contribution is -2.10. The van der Waals surface area contributed by atoms with Gasteiger partial charge < -0.3 is 15.0 Å². The van der Waals surface area contributed by atoms with E-state index in [2.05, 4.69) is 29.8 Å². The smallest absolute Gasteiger partial charge is 0.104 e. The van der Waals surface area contributed by atoms with Crippen LogP contribution >= 0.6 is 12.2 Å². The molecule has 2 aromatic rings. The molecule has 0 radical (unpaired) electrons. The molecule has 0 unspecified atom stereocenters. The zero-order valence-electron chi connectivity index (χ0n) is 10.6. The van der Waals surface area contributed by atoms with Crippen LogP contribution in [0.15, 0.2) is 30.5 Å². The normalized spacial score (nSPS) is 10.9. The highest BCUT2D eigenvalue weighted by atomic mass is 32.1. The van der Waals surface area contributed by atoms with E-state index in [-0.39, 0.29) is 0 Å². The van der Waals surface area contributed by atoms with Gasteiger partial charge in [0.25, 0.3) is 0 Å². The van der Waals surface area contributed by atoms with Gasteiger partial charge in [-0.3, -0.25) is 0 Å². The van der Waals surface area contributed by atoms with E-state index in [1.165, 1.54) is 0 Å². The SMILES string of the molecule is CCCOCCn1ccc2c(C(N)=S)cccc21. The van der Waals surface area contributed by atoms with Gasteiger partial charge in [-0.25, -0.2) is 0 Å². The lowest BCUT2D eigenvalue weighted by Gasteiger charge is -2.07. The molecule has 0 saturated heterocycles. The number of benzene rings is 1. The van der Waals surface area contributed by atoms with Crippen molar-refractivity contribution in [3.8, 4) is 0 Å². The molecule has 2 rings (SSSR count). The minimum absolute atomic E-state index is 0.445. The first-order valence-electron chi connectivity index (χ1n) is 6.19. The van der Waals surface area contributed by atoms with E-state index in [4.69, 9.17) is 22.7 Å². The molecule has 1 aromatic heterocycles. The second kappa shape index (κ2) is 5.98. The highest BCUT2D eigenvalue weighted by Crippen LogP contribution is 2.20. The van der Waals surface area contributed by atoms with Crippen molar-refractivity contribution in [2.24, 2.45) is 5.73 Å². The Balaban J connectivity index is 2.20. The summed E-state index contributed by atoms with van der Waals surface area (Å²) in [6.45, 7) is 4.51. The zero-order chi connectivity index (χ0) is 13.0. The first-order valence-corrected chi connectivity index (χ1v) is 6.60. The molecular formula is C14H18N2OS. The van der Waals surface area contributed by atoms with Crippen molar-refractivity contribution in [3.63, 3.8) is 0 Å². The minimum atomic E-state index is 0.445. The predicted octanol–water partition coefficient (Wildman–Crippen LogP) is 2.70. The summed E-state index contributed by atoms with van der Waals surface area (Å²) < 4.78 is 7.68. The van der Waals surface area contributed by atoms with Crippen molar-refractivity contribution in [2.75, 3.05) is 13.2 Å². The fourth-order valence-electron chi connectivity index (χ4n) is 2.04.